The molecule has 0 aliphatic carbocycles. The van der Waals surface area contributed by atoms with E-state index in [2.05, 4.69) is 9.97 Å². The molecule has 2 aromatic carbocycles. The molecule has 1 aliphatic rings. The highest BCUT2D eigenvalue weighted by atomic mass is 16.5. The number of fused-ring (bicyclic) bond motifs is 1. The Balaban J connectivity index is 0.000000623. The molecular weight excluding hydrogens is 520 g/mol. The molecule has 9 nitrogen and oxygen atoms in total. The lowest BCUT2D eigenvalue weighted by molar-refractivity contribution is -0.136. The summed E-state index contributed by atoms with van der Waals surface area (Å²) >= 11 is 0. The number of aryl methyl sites for hydroxylation is 1. The standard InChI is InChI=1S/C28H22N4O4.C4H10O/c1-16-10-22-19(3-5-24(33)32(22)14-17-12-29-15-30-13-17)27(21(16)11-25(34)35)20-2-4-23-26-18(7-9-36-23)6-8-31-28(20)26;1-4(2,3)5/h2-6,8,10,12-13,15H,7,9,11,14H2,1H3,(H,34,35);5H,1-3H3. The highest BCUT2D eigenvalue weighted by molar-refractivity contribution is 6.08. The zero-order valence-electron chi connectivity index (χ0n) is 23.5. The zero-order valence-corrected chi connectivity index (χ0v) is 23.5. The molecule has 0 atom stereocenters. The third-order valence-electron chi connectivity index (χ3n) is 6.75. The third-order valence-corrected chi connectivity index (χ3v) is 6.75. The van der Waals surface area contributed by atoms with E-state index in [0.717, 1.165) is 56.3 Å². The van der Waals surface area contributed by atoms with Gasteiger partial charge in [-0.3, -0.25) is 14.6 Å². The maximum absolute atomic E-state index is 13.0. The molecule has 0 fully saturated rings. The van der Waals surface area contributed by atoms with Crippen molar-refractivity contribution in [3.8, 4) is 16.9 Å². The molecule has 1 aliphatic heterocycles. The molecule has 2 N–H and O–H groups in total. The summed E-state index contributed by atoms with van der Waals surface area (Å²) in [4.78, 5) is 37.8. The van der Waals surface area contributed by atoms with Gasteiger partial charge in [-0.05, 0) is 80.3 Å². The van der Waals surface area contributed by atoms with Crippen molar-refractivity contribution in [3.05, 3.63) is 93.9 Å². The first-order valence-corrected chi connectivity index (χ1v) is 13.4. The van der Waals surface area contributed by atoms with Crippen molar-refractivity contribution < 1.29 is 19.7 Å². The Labute approximate surface area is 237 Å². The fourth-order valence-electron chi connectivity index (χ4n) is 5.16. The maximum atomic E-state index is 13.0. The van der Waals surface area contributed by atoms with Gasteiger partial charge in [0, 0.05) is 53.0 Å². The summed E-state index contributed by atoms with van der Waals surface area (Å²) in [6.07, 6.45) is 7.23. The van der Waals surface area contributed by atoms with Crippen LogP contribution in [0.3, 0.4) is 0 Å². The Morgan fingerprint density at radius 3 is 2.54 bits per heavy atom. The van der Waals surface area contributed by atoms with Gasteiger partial charge in [-0.25, -0.2) is 9.97 Å². The van der Waals surface area contributed by atoms with E-state index in [4.69, 9.17) is 14.8 Å². The van der Waals surface area contributed by atoms with E-state index < -0.39 is 11.6 Å². The van der Waals surface area contributed by atoms with Gasteiger partial charge in [0.1, 0.15) is 12.1 Å². The number of hydrogen-bond acceptors (Lipinski definition) is 7. The molecule has 4 heterocycles. The number of aliphatic carboxylic acids is 1. The fraction of sp³-hybridized carbons (Fsp3) is 0.281. The quantitative estimate of drug-likeness (QED) is 0.321. The normalized spacial score (nSPS) is 12.5. The van der Waals surface area contributed by atoms with Crippen LogP contribution in [0.25, 0.3) is 32.9 Å². The van der Waals surface area contributed by atoms with Gasteiger partial charge in [-0.2, -0.15) is 0 Å². The average molecular weight is 553 g/mol. The molecule has 3 aromatic heterocycles. The monoisotopic (exact) mass is 552 g/mol. The van der Waals surface area contributed by atoms with Crippen molar-refractivity contribution in [2.45, 2.75) is 52.7 Å². The second kappa shape index (κ2) is 11.1. The average Bonchev–Trinajstić information content (AvgIpc) is 2.91. The van der Waals surface area contributed by atoms with Crippen LogP contribution in [0.15, 0.2) is 66.1 Å². The molecule has 0 spiro atoms. The largest absolute Gasteiger partial charge is 0.493 e. The number of pyridine rings is 2. The van der Waals surface area contributed by atoms with Crippen molar-refractivity contribution in [2.24, 2.45) is 0 Å². The summed E-state index contributed by atoms with van der Waals surface area (Å²) in [5, 5.41) is 20.0. The molecular formula is C32H32N4O5. The third kappa shape index (κ3) is 5.95. The van der Waals surface area contributed by atoms with Crippen LogP contribution < -0.4 is 10.3 Å². The molecule has 0 amide bonds. The number of hydrogen-bond donors (Lipinski definition) is 2. The predicted molar refractivity (Wildman–Crippen MR) is 157 cm³/mol. The highest BCUT2D eigenvalue weighted by Crippen LogP contribution is 2.42. The second-order valence-electron chi connectivity index (χ2n) is 11.1. The van der Waals surface area contributed by atoms with Gasteiger partial charge < -0.3 is 19.5 Å². The number of aliphatic hydroxyl groups is 1. The van der Waals surface area contributed by atoms with E-state index in [9.17, 15) is 14.7 Å². The number of carboxylic acids is 1. The lowest BCUT2D eigenvalue weighted by Gasteiger charge is -2.22. The lowest BCUT2D eigenvalue weighted by Crippen LogP contribution is -2.21. The molecule has 0 saturated carbocycles. The van der Waals surface area contributed by atoms with Crippen LogP contribution in [-0.4, -0.2) is 47.9 Å². The summed E-state index contributed by atoms with van der Waals surface area (Å²) in [7, 11) is 0. The van der Waals surface area contributed by atoms with Gasteiger partial charge in [-0.15, -0.1) is 0 Å². The van der Waals surface area contributed by atoms with E-state index >= 15 is 0 Å². The van der Waals surface area contributed by atoms with E-state index in [0.29, 0.717) is 24.2 Å². The van der Waals surface area contributed by atoms with Crippen LogP contribution in [0.2, 0.25) is 0 Å². The van der Waals surface area contributed by atoms with Gasteiger partial charge in [0.05, 0.1) is 36.2 Å². The zero-order chi connectivity index (χ0) is 29.3. The number of rotatable bonds is 5. The summed E-state index contributed by atoms with van der Waals surface area (Å²) < 4.78 is 7.58. The fourth-order valence-corrected chi connectivity index (χ4v) is 5.16. The van der Waals surface area contributed by atoms with E-state index in [1.165, 1.54) is 12.4 Å². The lowest BCUT2D eigenvalue weighted by atomic mass is 9.87. The Kier molecular flexibility index (Phi) is 7.55. The van der Waals surface area contributed by atoms with Crippen LogP contribution in [0, 0.1) is 6.92 Å². The molecule has 0 radical (unpaired) electrons. The minimum absolute atomic E-state index is 0.151. The van der Waals surface area contributed by atoms with Crippen LogP contribution in [0.4, 0.5) is 0 Å². The van der Waals surface area contributed by atoms with Gasteiger partial charge in [0.15, 0.2) is 0 Å². The number of ether oxygens (including phenoxy) is 1. The maximum Gasteiger partial charge on any atom is 0.307 e. The Hall–Kier alpha value is -4.63. The molecule has 210 valence electrons. The van der Waals surface area contributed by atoms with Gasteiger partial charge in [0.2, 0.25) is 0 Å². The molecule has 0 unspecified atom stereocenters. The van der Waals surface area contributed by atoms with Crippen LogP contribution >= 0.6 is 0 Å². The minimum Gasteiger partial charge on any atom is -0.493 e. The van der Waals surface area contributed by atoms with Crippen LogP contribution in [0.1, 0.15) is 43.0 Å². The van der Waals surface area contributed by atoms with Gasteiger partial charge in [0.25, 0.3) is 5.56 Å². The van der Waals surface area contributed by atoms with Crippen LogP contribution in [-0.2, 0) is 24.2 Å². The minimum atomic E-state index is -0.924. The van der Waals surface area contributed by atoms with Crippen molar-refractivity contribution in [1.82, 2.24) is 19.5 Å². The molecule has 41 heavy (non-hydrogen) atoms. The number of benzene rings is 2. The number of nitrogens with zero attached hydrogens (tertiary/aromatic N) is 4. The number of aromatic nitrogens is 4. The second-order valence-corrected chi connectivity index (χ2v) is 11.1. The van der Waals surface area contributed by atoms with Crippen molar-refractivity contribution in [3.63, 3.8) is 0 Å². The van der Waals surface area contributed by atoms with E-state index in [-0.39, 0.29) is 12.0 Å². The van der Waals surface area contributed by atoms with Crippen LogP contribution in [0.5, 0.6) is 5.75 Å². The molecule has 6 rings (SSSR count). The Bertz CT molecular complexity index is 1810. The SMILES string of the molecule is CC(C)(C)O.Cc1cc2c(ccc(=O)n2Cc2cncnc2)c(-c2ccc3c4c(ccnc24)CCO3)c1CC(=O)O. The summed E-state index contributed by atoms with van der Waals surface area (Å²) in [5.74, 6) is -0.145. The molecule has 0 bridgehead atoms. The summed E-state index contributed by atoms with van der Waals surface area (Å²) in [6.45, 7) is 8.02. The molecule has 0 saturated heterocycles. The first-order valence-electron chi connectivity index (χ1n) is 13.4. The van der Waals surface area contributed by atoms with Crippen molar-refractivity contribution >= 4 is 27.8 Å². The van der Waals surface area contributed by atoms with Crippen molar-refractivity contribution in [2.75, 3.05) is 6.61 Å². The smallest absolute Gasteiger partial charge is 0.307 e. The van der Waals surface area contributed by atoms with Crippen molar-refractivity contribution in [1.29, 1.82) is 0 Å². The Morgan fingerprint density at radius 2 is 1.83 bits per heavy atom. The van der Waals surface area contributed by atoms with E-state index in [1.54, 1.807) is 50.0 Å². The highest BCUT2D eigenvalue weighted by Gasteiger charge is 2.23. The Morgan fingerprint density at radius 1 is 1.10 bits per heavy atom. The number of carboxylic acid groups (broad SMARTS) is 1. The number of carbonyl (C=O) groups is 1. The van der Waals surface area contributed by atoms with E-state index in [1.807, 2.05) is 31.2 Å². The van der Waals surface area contributed by atoms with Gasteiger partial charge in [-0.1, -0.05) is 0 Å². The van der Waals surface area contributed by atoms with Gasteiger partial charge >= 0.3 is 5.97 Å². The summed E-state index contributed by atoms with van der Waals surface area (Å²) in [5.41, 5.74) is 5.84. The first-order chi connectivity index (χ1) is 19.5. The molecule has 5 aromatic rings. The summed E-state index contributed by atoms with van der Waals surface area (Å²) in [6, 6.07) is 11.1. The topological polar surface area (TPSA) is 127 Å². The predicted octanol–water partition coefficient (Wildman–Crippen LogP) is 4.70. The first kappa shape index (κ1) is 27.9. The molecule has 9 heteroatoms.